The molecule has 8 heteroatoms. The van der Waals surface area contributed by atoms with Gasteiger partial charge >= 0.3 is 0 Å². The monoisotopic (exact) mass is 468 g/mol. The van der Waals surface area contributed by atoms with E-state index in [0.29, 0.717) is 19.0 Å². The third-order valence-corrected chi connectivity index (χ3v) is 8.63. The summed E-state index contributed by atoms with van der Waals surface area (Å²) in [7, 11) is 2.17. The number of fused-ring (bicyclic) bond motifs is 1. The lowest BCUT2D eigenvalue weighted by molar-refractivity contribution is -0.132. The molecule has 0 spiro atoms. The van der Waals surface area contributed by atoms with Crippen LogP contribution < -0.4 is 10.2 Å². The van der Waals surface area contributed by atoms with Crippen molar-refractivity contribution >= 4 is 17.6 Å². The molecule has 4 aliphatic rings. The largest absolute Gasteiger partial charge is 0.353 e. The predicted octanol–water partition coefficient (Wildman–Crippen LogP) is 1.72. The van der Waals surface area contributed by atoms with Crippen LogP contribution in [-0.2, 0) is 9.59 Å². The second-order valence-corrected chi connectivity index (χ2v) is 10.5. The van der Waals surface area contributed by atoms with E-state index in [9.17, 15) is 9.59 Å². The van der Waals surface area contributed by atoms with Gasteiger partial charge in [-0.15, -0.1) is 0 Å². The smallest absolute Gasteiger partial charge is 0.239 e. The summed E-state index contributed by atoms with van der Waals surface area (Å²) in [6, 6.07) is 6.96. The maximum absolute atomic E-state index is 13.1. The Balaban J connectivity index is 1.13. The number of carbonyl (C=O) groups is 2. The Labute approximate surface area is 203 Å². The van der Waals surface area contributed by atoms with Gasteiger partial charge in [0.2, 0.25) is 11.8 Å². The van der Waals surface area contributed by atoms with Crippen LogP contribution in [0.2, 0.25) is 0 Å². The normalized spacial score (nSPS) is 29.6. The van der Waals surface area contributed by atoms with Gasteiger partial charge in [0.05, 0.1) is 0 Å². The zero-order chi connectivity index (χ0) is 23.5. The van der Waals surface area contributed by atoms with Gasteiger partial charge in [0, 0.05) is 70.0 Å². The Kier molecular flexibility index (Phi) is 7.34. The van der Waals surface area contributed by atoms with Gasteiger partial charge in [-0.05, 0) is 44.9 Å². The maximum Gasteiger partial charge on any atom is 0.239 e. The molecule has 3 unspecified atom stereocenters. The number of carbonyl (C=O) groups excluding carboxylic acids is 2. The molecule has 186 valence electrons. The number of nitrogens with zero attached hydrogens (tertiary/aromatic N) is 5. The molecule has 3 atom stereocenters. The molecule has 0 aromatic carbocycles. The molecule has 4 heterocycles. The van der Waals surface area contributed by atoms with E-state index in [1.807, 2.05) is 29.3 Å². The van der Waals surface area contributed by atoms with Crippen LogP contribution in [0.15, 0.2) is 24.4 Å². The van der Waals surface area contributed by atoms with Crippen LogP contribution >= 0.6 is 0 Å². The SMILES string of the molecule is CN1C(CCC(=O)N2CCN(c3ccccn3)CC2)CNC(=O)C2C1CCN2C1CCCCC1. The summed E-state index contributed by atoms with van der Waals surface area (Å²) in [6.07, 6.45) is 10.6. The number of nitrogens with one attached hydrogen (secondary N) is 1. The van der Waals surface area contributed by atoms with Crippen molar-refractivity contribution in [2.24, 2.45) is 0 Å². The van der Waals surface area contributed by atoms with Gasteiger partial charge in [-0.3, -0.25) is 19.4 Å². The number of hydrogen-bond acceptors (Lipinski definition) is 6. The van der Waals surface area contributed by atoms with Crippen LogP contribution in [0.4, 0.5) is 5.82 Å². The fourth-order valence-corrected chi connectivity index (χ4v) is 6.59. The minimum absolute atomic E-state index is 0.0338. The second-order valence-electron chi connectivity index (χ2n) is 10.5. The van der Waals surface area contributed by atoms with Crippen molar-refractivity contribution < 1.29 is 9.59 Å². The molecule has 0 bridgehead atoms. The molecule has 8 nitrogen and oxygen atoms in total. The predicted molar refractivity (Wildman–Crippen MR) is 133 cm³/mol. The first-order chi connectivity index (χ1) is 16.6. The molecule has 1 saturated carbocycles. The number of likely N-dealkylation sites (N-methyl/N-ethyl adjacent to an activating group) is 1. The Hall–Kier alpha value is -2.19. The van der Waals surface area contributed by atoms with Crippen molar-refractivity contribution in [2.45, 2.75) is 75.5 Å². The highest BCUT2D eigenvalue weighted by Gasteiger charge is 2.47. The molecule has 2 amide bonds. The van der Waals surface area contributed by atoms with Gasteiger partial charge in [-0.2, -0.15) is 0 Å². The summed E-state index contributed by atoms with van der Waals surface area (Å²) in [5.41, 5.74) is 0. The van der Waals surface area contributed by atoms with E-state index in [4.69, 9.17) is 0 Å². The van der Waals surface area contributed by atoms with E-state index in [1.165, 1.54) is 32.1 Å². The van der Waals surface area contributed by atoms with E-state index < -0.39 is 0 Å². The number of aromatic nitrogens is 1. The quantitative estimate of drug-likeness (QED) is 0.710. The van der Waals surface area contributed by atoms with Crippen molar-refractivity contribution in [3.8, 4) is 0 Å². The average molecular weight is 469 g/mol. The number of rotatable bonds is 5. The Bertz CT molecular complexity index is 837. The highest BCUT2D eigenvalue weighted by Crippen LogP contribution is 2.33. The molecule has 5 rings (SSSR count). The topological polar surface area (TPSA) is 72.0 Å². The molecule has 3 saturated heterocycles. The van der Waals surface area contributed by atoms with Crippen LogP contribution in [0, 0.1) is 0 Å². The van der Waals surface area contributed by atoms with Crippen molar-refractivity contribution in [1.29, 1.82) is 0 Å². The number of likely N-dealkylation sites (tertiary alicyclic amines) is 1. The summed E-state index contributed by atoms with van der Waals surface area (Å²) < 4.78 is 0. The summed E-state index contributed by atoms with van der Waals surface area (Å²) in [6.45, 7) is 4.79. The number of pyridine rings is 1. The van der Waals surface area contributed by atoms with Crippen molar-refractivity contribution in [2.75, 3.05) is 51.2 Å². The van der Waals surface area contributed by atoms with E-state index in [2.05, 4.69) is 32.0 Å². The van der Waals surface area contributed by atoms with Crippen LogP contribution in [-0.4, -0.2) is 102 Å². The number of piperazine rings is 1. The van der Waals surface area contributed by atoms with Gasteiger partial charge in [0.1, 0.15) is 11.9 Å². The molecule has 3 aliphatic heterocycles. The lowest BCUT2D eigenvalue weighted by Crippen LogP contribution is -2.53. The second kappa shape index (κ2) is 10.6. The van der Waals surface area contributed by atoms with E-state index in [-0.39, 0.29) is 29.9 Å². The zero-order valence-electron chi connectivity index (χ0n) is 20.6. The van der Waals surface area contributed by atoms with Crippen LogP contribution in [0.25, 0.3) is 0 Å². The van der Waals surface area contributed by atoms with Crippen molar-refractivity contribution in [1.82, 2.24) is 25.0 Å². The molecule has 1 N–H and O–H groups in total. The average Bonchev–Trinajstić information content (AvgIpc) is 3.30. The fraction of sp³-hybridized carbons (Fsp3) is 0.731. The highest BCUT2D eigenvalue weighted by molar-refractivity contribution is 5.83. The maximum atomic E-state index is 13.1. The fourth-order valence-electron chi connectivity index (χ4n) is 6.59. The molecule has 0 radical (unpaired) electrons. The third-order valence-electron chi connectivity index (χ3n) is 8.63. The first-order valence-electron chi connectivity index (χ1n) is 13.3. The zero-order valence-corrected chi connectivity index (χ0v) is 20.6. The summed E-state index contributed by atoms with van der Waals surface area (Å²) in [5.74, 6) is 1.41. The van der Waals surface area contributed by atoms with Gasteiger partial charge in [-0.25, -0.2) is 4.98 Å². The lowest BCUT2D eigenvalue weighted by Gasteiger charge is -2.37. The van der Waals surface area contributed by atoms with Gasteiger partial charge in [0.15, 0.2) is 0 Å². The van der Waals surface area contributed by atoms with Crippen LogP contribution in [0.3, 0.4) is 0 Å². The first kappa shape index (κ1) is 23.5. The van der Waals surface area contributed by atoms with Gasteiger partial charge in [0.25, 0.3) is 0 Å². The molecular formula is C26H40N6O2. The van der Waals surface area contributed by atoms with Crippen LogP contribution in [0.5, 0.6) is 0 Å². The first-order valence-corrected chi connectivity index (χ1v) is 13.3. The molecule has 1 aromatic heterocycles. The summed E-state index contributed by atoms with van der Waals surface area (Å²) >= 11 is 0. The molecule has 1 aliphatic carbocycles. The summed E-state index contributed by atoms with van der Waals surface area (Å²) in [5, 5.41) is 3.23. The standard InChI is InChI=1S/C26H40N6O2/c1-29-21(10-11-24(33)31-17-15-30(16-18-31)23-9-5-6-13-27-23)19-28-26(34)25-22(29)12-14-32(25)20-7-3-2-4-8-20/h5-6,9,13,20-22,25H,2-4,7-8,10-12,14-19H2,1H3,(H,28,34). The molecule has 1 aromatic rings. The minimum atomic E-state index is -0.0338. The highest BCUT2D eigenvalue weighted by atomic mass is 16.2. The third kappa shape index (κ3) is 4.93. The number of anilines is 1. The Morgan fingerprint density at radius 2 is 1.85 bits per heavy atom. The van der Waals surface area contributed by atoms with E-state index in [0.717, 1.165) is 51.4 Å². The van der Waals surface area contributed by atoms with Crippen LogP contribution in [0.1, 0.15) is 51.4 Å². The van der Waals surface area contributed by atoms with E-state index >= 15 is 0 Å². The summed E-state index contributed by atoms with van der Waals surface area (Å²) in [4.78, 5) is 39.7. The minimum Gasteiger partial charge on any atom is -0.353 e. The van der Waals surface area contributed by atoms with Gasteiger partial charge < -0.3 is 15.1 Å². The molecule has 4 fully saturated rings. The van der Waals surface area contributed by atoms with Crippen molar-refractivity contribution in [3.63, 3.8) is 0 Å². The van der Waals surface area contributed by atoms with Gasteiger partial charge in [-0.1, -0.05) is 25.3 Å². The molecular weight excluding hydrogens is 428 g/mol. The number of amides is 2. The Morgan fingerprint density at radius 3 is 2.59 bits per heavy atom. The lowest BCUT2D eigenvalue weighted by atomic mass is 9.93. The Morgan fingerprint density at radius 1 is 1.06 bits per heavy atom. The number of hydrogen-bond donors (Lipinski definition) is 1. The van der Waals surface area contributed by atoms with E-state index in [1.54, 1.807) is 0 Å². The van der Waals surface area contributed by atoms with Crippen molar-refractivity contribution in [3.05, 3.63) is 24.4 Å². The molecule has 34 heavy (non-hydrogen) atoms.